The number of nitrogens with one attached hydrogen (secondary N) is 1. The van der Waals surface area contributed by atoms with Crippen LogP contribution in [0.3, 0.4) is 0 Å². The smallest absolute Gasteiger partial charge is 0.131 e. The van der Waals surface area contributed by atoms with Crippen molar-refractivity contribution in [2.75, 3.05) is 6.54 Å². The van der Waals surface area contributed by atoms with E-state index in [0.29, 0.717) is 11.8 Å². The van der Waals surface area contributed by atoms with Crippen molar-refractivity contribution < 1.29 is 0 Å². The Morgan fingerprint density at radius 1 is 1.24 bits per heavy atom. The molecule has 1 N–H and O–H groups in total. The Bertz CT molecular complexity index is 326. The first-order valence-electron chi connectivity index (χ1n) is 6.77. The Hall–Kier alpha value is -0.960. The van der Waals surface area contributed by atoms with Gasteiger partial charge < -0.3 is 5.32 Å². The van der Waals surface area contributed by atoms with Gasteiger partial charge in [0, 0.05) is 30.4 Å². The minimum Gasteiger partial charge on any atom is -0.312 e. The summed E-state index contributed by atoms with van der Waals surface area (Å²) in [5.74, 6) is 2.36. The van der Waals surface area contributed by atoms with Crippen molar-refractivity contribution >= 4 is 0 Å². The molecule has 0 saturated heterocycles. The van der Waals surface area contributed by atoms with Gasteiger partial charge in [-0.15, -0.1) is 0 Å². The maximum Gasteiger partial charge on any atom is 0.131 e. The molecule has 0 amide bonds. The number of nitrogens with zero attached hydrogens (tertiary/aromatic N) is 2. The van der Waals surface area contributed by atoms with E-state index >= 15 is 0 Å². The summed E-state index contributed by atoms with van der Waals surface area (Å²) in [6.45, 7) is 6.35. The lowest BCUT2D eigenvalue weighted by Gasteiger charge is -2.09. The minimum atomic E-state index is 0.618. The zero-order chi connectivity index (χ0) is 12.1. The van der Waals surface area contributed by atoms with Gasteiger partial charge in [0.1, 0.15) is 5.82 Å². The molecule has 0 aromatic carbocycles. The average molecular weight is 233 g/mol. The second-order valence-electron chi connectivity index (χ2n) is 5.46. The van der Waals surface area contributed by atoms with Gasteiger partial charge in [0.2, 0.25) is 0 Å². The van der Waals surface area contributed by atoms with E-state index in [1.54, 1.807) is 0 Å². The first-order chi connectivity index (χ1) is 8.25. The second kappa shape index (κ2) is 6.10. The summed E-state index contributed by atoms with van der Waals surface area (Å²) in [7, 11) is 0. The SMILES string of the molecule is CC(C)CNCc1cnc(C2CCCC2)nc1. The van der Waals surface area contributed by atoms with Crippen molar-refractivity contribution in [2.45, 2.75) is 52.0 Å². The Kier molecular flexibility index (Phi) is 4.49. The Morgan fingerprint density at radius 2 is 1.88 bits per heavy atom. The molecule has 0 unspecified atom stereocenters. The predicted molar refractivity (Wildman–Crippen MR) is 69.8 cm³/mol. The summed E-state index contributed by atoms with van der Waals surface area (Å²) in [6.07, 6.45) is 9.18. The zero-order valence-electron chi connectivity index (χ0n) is 10.9. The summed E-state index contributed by atoms with van der Waals surface area (Å²) < 4.78 is 0. The third-order valence-electron chi connectivity index (χ3n) is 3.33. The third kappa shape index (κ3) is 3.77. The van der Waals surface area contributed by atoms with E-state index in [1.807, 2.05) is 12.4 Å². The lowest BCUT2D eigenvalue weighted by molar-refractivity contribution is 0.550. The van der Waals surface area contributed by atoms with E-state index in [9.17, 15) is 0 Å². The fourth-order valence-electron chi connectivity index (χ4n) is 2.36. The summed E-state index contributed by atoms with van der Waals surface area (Å²) in [5, 5.41) is 3.41. The number of rotatable bonds is 5. The standard InChI is InChI=1S/C14H23N3/c1-11(2)7-15-8-12-9-16-14(17-10-12)13-5-3-4-6-13/h9-11,13,15H,3-8H2,1-2H3. The summed E-state index contributed by atoms with van der Waals surface area (Å²) in [6, 6.07) is 0. The fourth-order valence-corrected chi connectivity index (χ4v) is 2.36. The van der Waals surface area contributed by atoms with Crippen molar-refractivity contribution in [2.24, 2.45) is 5.92 Å². The van der Waals surface area contributed by atoms with Crippen LogP contribution in [0.1, 0.15) is 56.8 Å². The van der Waals surface area contributed by atoms with Crippen molar-refractivity contribution in [3.63, 3.8) is 0 Å². The van der Waals surface area contributed by atoms with Crippen LogP contribution in [-0.2, 0) is 6.54 Å². The molecule has 0 atom stereocenters. The number of hydrogen-bond acceptors (Lipinski definition) is 3. The molecule has 1 aromatic heterocycles. The molecule has 0 bridgehead atoms. The summed E-state index contributed by atoms with van der Waals surface area (Å²) in [5.41, 5.74) is 1.19. The van der Waals surface area contributed by atoms with Crippen molar-refractivity contribution in [1.82, 2.24) is 15.3 Å². The molecule has 1 heterocycles. The molecule has 0 radical (unpaired) electrons. The van der Waals surface area contributed by atoms with Crippen LogP contribution in [-0.4, -0.2) is 16.5 Å². The minimum absolute atomic E-state index is 0.618. The van der Waals surface area contributed by atoms with E-state index in [-0.39, 0.29) is 0 Å². The molecular weight excluding hydrogens is 210 g/mol. The van der Waals surface area contributed by atoms with Crippen LogP contribution in [0.15, 0.2) is 12.4 Å². The maximum absolute atomic E-state index is 4.51. The van der Waals surface area contributed by atoms with E-state index in [2.05, 4.69) is 29.1 Å². The van der Waals surface area contributed by atoms with Crippen LogP contribution >= 0.6 is 0 Å². The Balaban J connectivity index is 1.84. The predicted octanol–water partition coefficient (Wildman–Crippen LogP) is 2.88. The van der Waals surface area contributed by atoms with Crippen molar-refractivity contribution in [3.8, 4) is 0 Å². The highest BCUT2D eigenvalue weighted by Crippen LogP contribution is 2.31. The van der Waals surface area contributed by atoms with Crippen LogP contribution in [0.25, 0.3) is 0 Å². The van der Waals surface area contributed by atoms with Gasteiger partial charge in [-0.25, -0.2) is 9.97 Å². The molecular formula is C14H23N3. The Labute approximate surface area is 104 Å². The molecule has 0 spiro atoms. The molecule has 3 heteroatoms. The highest BCUT2D eigenvalue weighted by molar-refractivity contribution is 5.08. The average Bonchev–Trinajstić information content (AvgIpc) is 2.83. The van der Waals surface area contributed by atoms with Gasteiger partial charge in [-0.2, -0.15) is 0 Å². The largest absolute Gasteiger partial charge is 0.312 e. The fraction of sp³-hybridized carbons (Fsp3) is 0.714. The van der Waals surface area contributed by atoms with Gasteiger partial charge in [0.15, 0.2) is 0 Å². The molecule has 3 nitrogen and oxygen atoms in total. The molecule has 2 rings (SSSR count). The monoisotopic (exact) mass is 233 g/mol. The molecule has 1 aliphatic carbocycles. The van der Waals surface area contributed by atoms with Crippen molar-refractivity contribution in [3.05, 3.63) is 23.8 Å². The van der Waals surface area contributed by atoms with Crippen LogP contribution in [0.4, 0.5) is 0 Å². The summed E-state index contributed by atoms with van der Waals surface area (Å²) in [4.78, 5) is 9.01. The lowest BCUT2D eigenvalue weighted by atomic mass is 10.1. The molecule has 17 heavy (non-hydrogen) atoms. The zero-order valence-corrected chi connectivity index (χ0v) is 10.9. The van der Waals surface area contributed by atoms with Crippen LogP contribution in [0, 0.1) is 5.92 Å². The van der Waals surface area contributed by atoms with Gasteiger partial charge in [0.25, 0.3) is 0 Å². The van der Waals surface area contributed by atoms with Crippen LogP contribution < -0.4 is 5.32 Å². The molecule has 0 aliphatic heterocycles. The van der Waals surface area contributed by atoms with Crippen LogP contribution in [0.2, 0.25) is 0 Å². The molecule has 1 aliphatic rings. The van der Waals surface area contributed by atoms with E-state index in [4.69, 9.17) is 0 Å². The number of aromatic nitrogens is 2. The van der Waals surface area contributed by atoms with Crippen LogP contribution in [0.5, 0.6) is 0 Å². The quantitative estimate of drug-likeness (QED) is 0.849. The molecule has 1 saturated carbocycles. The topological polar surface area (TPSA) is 37.8 Å². The Morgan fingerprint density at radius 3 is 2.47 bits per heavy atom. The van der Waals surface area contributed by atoms with E-state index in [0.717, 1.165) is 18.9 Å². The van der Waals surface area contributed by atoms with E-state index in [1.165, 1.54) is 31.2 Å². The third-order valence-corrected chi connectivity index (χ3v) is 3.33. The van der Waals surface area contributed by atoms with Gasteiger partial charge >= 0.3 is 0 Å². The summed E-state index contributed by atoms with van der Waals surface area (Å²) >= 11 is 0. The van der Waals surface area contributed by atoms with Gasteiger partial charge in [-0.05, 0) is 25.3 Å². The highest BCUT2D eigenvalue weighted by atomic mass is 14.9. The van der Waals surface area contributed by atoms with Crippen molar-refractivity contribution in [1.29, 1.82) is 0 Å². The van der Waals surface area contributed by atoms with Gasteiger partial charge in [-0.3, -0.25) is 0 Å². The normalized spacial score (nSPS) is 16.9. The lowest BCUT2D eigenvalue weighted by Crippen LogP contribution is -2.19. The first-order valence-corrected chi connectivity index (χ1v) is 6.77. The van der Waals surface area contributed by atoms with Gasteiger partial charge in [0.05, 0.1) is 0 Å². The molecule has 94 valence electrons. The maximum atomic E-state index is 4.51. The number of hydrogen-bond donors (Lipinski definition) is 1. The molecule has 1 fully saturated rings. The molecule has 1 aromatic rings. The first kappa shape index (κ1) is 12.5. The van der Waals surface area contributed by atoms with Gasteiger partial charge in [-0.1, -0.05) is 26.7 Å². The van der Waals surface area contributed by atoms with E-state index < -0.39 is 0 Å². The second-order valence-corrected chi connectivity index (χ2v) is 5.46. The highest BCUT2D eigenvalue weighted by Gasteiger charge is 2.19.